The second kappa shape index (κ2) is 6.74. The van der Waals surface area contributed by atoms with Crippen molar-refractivity contribution in [3.05, 3.63) is 29.8 Å². The van der Waals surface area contributed by atoms with Crippen LogP contribution in [0.15, 0.2) is 29.2 Å². The lowest BCUT2D eigenvalue weighted by atomic mass is 10.2. The van der Waals surface area contributed by atoms with E-state index in [9.17, 15) is 8.42 Å². The van der Waals surface area contributed by atoms with Crippen molar-refractivity contribution in [2.75, 3.05) is 13.2 Å². The van der Waals surface area contributed by atoms with Gasteiger partial charge in [0.1, 0.15) is 0 Å². The van der Waals surface area contributed by atoms with E-state index in [-0.39, 0.29) is 18.1 Å². The van der Waals surface area contributed by atoms with Gasteiger partial charge in [-0.25, -0.2) is 0 Å². The first-order valence-electron chi connectivity index (χ1n) is 5.63. The maximum Gasteiger partial charge on any atom is 0.296 e. The van der Waals surface area contributed by atoms with Gasteiger partial charge >= 0.3 is 0 Å². The maximum atomic E-state index is 11.7. The van der Waals surface area contributed by atoms with E-state index in [2.05, 4.69) is 0 Å². The number of benzene rings is 1. The monoisotopic (exact) mass is 258 g/mol. The Morgan fingerprint density at radius 1 is 1.12 bits per heavy atom. The van der Waals surface area contributed by atoms with E-state index >= 15 is 0 Å². The van der Waals surface area contributed by atoms with Crippen molar-refractivity contribution in [1.29, 1.82) is 0 Å². The lowest BCUT2D eigenvalue weighted by Crippen LogP contribution is -2.07. The summed E-state index contributed by atoms with van der Waals surface area (Å²) in [6.45, 7) is 2.19. The highest BCUT2D eigenvalue weighted by atomic mass is 32.2. The quantitative estimate of drug-likeness (QED) is 0.599. The Morgan fingerprint density at radius 3 is 2.35 bits per heavy atom. The Hall–Kier alpha value is -0.910. The summed E-state index contributed by atoms with van der Waals surface area (Å²) >= 11 is 0. The number of hydrogen-bond acceptors (Lipinski definition) is 4. The van der Waals surface area contributed by atoms with Crippen molar-refractivity contribution in [2.24, 2.45) is 0 Å². The maximum absolute atomic E-state index is 11.7. The van der Waals surface area contributed by atoms with Crippen LogP contribution in [0.25, 0.3) is 0 Å². The molecule has 1 rings (SSSR count). The van der Waals surface area contributed by atoms with E-state index in [4.69, 9.17) is 9.29 Å². The van der Waals surface area contributed by atoms with Gasteiger partial charge in [0.05, 0.1) is 11.5 Å². The highest BCUT2D eigenvalue weighted by molar-refractivity contribution is 7.86. The zero-order valence-corrected chi connectivity index (χ0v) is 10.7. The summed E-state index contributed by atoms with van der Waals surface area (Å²) in [5.74, 6) is 0. The molecule has 0 aliphatic rings. The molecular formula is C12H18O4S. The summed E-state index contributed by atoms with van der Waals surface area (Å²) in [4.78, 5) is 0.185. The number of aryl methyl sites for hydroxylation is 1. The molecule has 0 amide bonds. The SMILES string of the molecule is Cc1ccc(S(=O)(=O)OCCCCCO)cc1. The fourth-order valence-electron chi connectivity index (χ4n) is 1.33. The topological polar surface area (TPSA) is 63.6 Å². The third kappa shape index (κ3) is 4.85. The minimum atomic E-state index is -3.63. The zero-order valence-electron chi connectivity index (χ0n) is 9.93. The van der Waals surface area contributed by atoms with Crippen LogP contribution in [0.3, 0.4) is 0 Å². The van der Waals surface area contributed by atoms with E-state index in [1.165, 1.54) is 0 Å². The van der Waals surface area contributed by atoms with Crippen molar-refractivity contribution in [3.63, 3.8) is 0 Å². The predicted molar refractivity (Wildman–Crippen MR) is 65.3 cm³/mol. The molecule has 1 N–H and O–H groups in total. The third-order valence-corrected chi connectivity index (χ3v) is 3.68. The van der Waals surface area contributed by atoms with Crippen molar-refractivity contribution in [3.8, 4) is 0 Å². The van der Waals surface area contributed by atoms with Crippen LogP contribution in [0.4, 0.5) is 0 Å². The molecule has 4 nitrogen and oxygen atoms in total. The number of aliphatic hydroxyl groups is 1. The summed E-state index contributed by atoms with van der Waals surface area (Å²) in [5, 5.41) is 8.57. The average Bonchev–Trinajstić information content (AvgIpc) is 2.29. The average molecular weight is 258 g/mol. The van der Waals surface area contributed by atoms with Crippen LogP contribution in [0.1, 0.15) is 24.8 Å². The number of rotatable bonds is 7. The van der Waals surface area contributed by atoms with E-state index in [1.807, 2.05) is 6.92 Å². The minimum Gasteiger partial charge on any atom is -0.396 e. The molecule has 0 heterocycles. The standard InChI is InChI=1S/C12H18O4S/c1-11-5-7-12(8-6-11)17(14,15)16-10-4-2-3-9-13/h5-8,13H,2-4,9-10H2,1H3. The van der Waals surface area contributed by atoms with Crippen LogP contribution in [0, 0.1) is 6.92 Å². The van der Waals surface area contributed by atoms with Crippen LogP contribution in [0.2, 0.25) is 0 Å². The van der Waals surface area contributed by atoms with Gasteiger partial charge in [-0.3, -0.25) is 4.18 Å². The smallest absolute Gasteiger partial charge is 0.296 e. The molecule has 96 valence electrons. The molecule has 0 aromatic heterocycles. The van der Waals surface area contributed by atoms with Crippen LogP contribution in [0.5, 0.6) is 0 Å². The molecule has 0 aliphatic carbocycles. The molecule has 0 unspecified atom stereocenters. The molecule has 0 fully saturated rings. The second-order valence-electron chi connectivity index (χ2n) is 3.87. The van der Waals surface area contributed by atoms with Crippen LogP contribution in [-0.2, 0) is 14.3 Å². The molecular weight excluding hydrogens is 240 g/mol. The summed E-state index contributed by atoms with van der Waals surface area (Å²) < 4.78 is 28.3. The van der Waals surface area contributed by atoms with Crippen molar-refractivity contribution in [1.82, 2.24) is 0 Å². The summed E-state index contributed by atoms with van der Waals surface area (Å²) in [6, 6.07) is 6.56. The molecule has 5 heteroatoms. The van der Waals surface area contributed by atoms with Crippen molar-refractivity contribution < 1.29 is 17.7 Å². The Labute approximate surface area is 102 Å². The van der Waals surface area contributed by atoms with E-state index < -0.39 is 10.1 Å². The van der Waals surface area contributed by atoms with Gasteiger partial charge < -0.3 is 5.11 Å². The van der Waals surface area contributed by atoms with Gasteiger partial charge in [0.25, 0.3) is 10.1 Å². The van der Waals surface area contributed by atoms with Gasteiger partial charge in [0, 0.05) is 6.61 Å². The highest BCUT2D eigenvalue weighted by Crippen LogP contribution is 2.13. The van der Waals surface area contributed by atoms with E-state index in [0.717, 1.165) is 12.0 Å². The van der Waals surface area contributed by atoms with Crippen molar-refractivity contribution in [2.45, 2.75) is 31.1 Å². The largest absolute Gasteiger partial charge is 0.396 e. The first kappa shape index (κ1) is 14.2. The van der Waals surface area contributed by atoms with E-state index in [0.29, 0.717) is 12.8 Å². The Balaban J connectivity index is 2.48. The van der Waals surface area contributed by atoms with Gasteiger partial charge in [0.15, 0.2) is 0 Å². The molecule has 1 aromatic rings. The Kier molecular flexibility index (Phi) is 5.61. The highest BCUT2D eigenvalue weighted by Gasteiger charge is 2.13. The molecule has 0 saturated carbocycles. The normalized spacial score (nSPS) is 11.6. The fraction of sp³-hybridized carbons (Fsp3) is 0.500. The van der Waals surface area contributed by atoms with Crippen LogP contribution in [-0.4, -0.2) is 26.7 Å². The molecule has 0 aliphatic heterocycles. The molecule has 0 radical (unpaired) electrons. The van der Waals surface area contributed by atoms with E-state index in [1.54, 1.807) is 24.3 Å². The van der Waals surface area contributed by atoms with Gasteiger partial charge in [0.2, 0.25) is 0 Å². The lowest BCUT2D eigenvalue weighted by Gasteiger charge is -2.05. The Morgan fingerprint density at radius 2 is 1.76 bits per heavy atom. The Bertz CT molecular complexity index is 422. The fourth-order valence-corrected chi connectivity index (χ4v) is 2.28. The first-order chi connectivity index (χ1) is 8.06. The minimum absolute atomic E-state index is 0.130. The van der Waals surface area contributed by atoms with Crippen molar-refractivity contribution >= 4 is 10.1 Å². The molecule has 0 saturated heterocycles. The first-order valence-corrected chi connectivity index (χ1v) is 7.04. The van der Waals surface area contributed by atoms with Gasteiger partial charge in [-0.15, -0.1) is 0 Å². The number of aliphatic hydroxyl groups excluding tert-OH is 1. The number of hydrogen-bond donors (Lipinski definition) is 1. The molecule has 0 bridgehead atoms. The van der Waals surface area contributed by atoms with Crippen LogP contribution < -0.4 is 0 Å². The number of unbranched alkanes of at least 4 members (excludes halogenated alkanes) is 2. The van der Waals surface area contributed by atoms with Crippen LogP contribution >= 0.6 is 0 Å². The summed E-state index contributed by atoms with van der Waals surface area (Å²) in [6.07, 6.45) is 2.07. The lowest BCUT2D eigenvalue weighted by molar-refractivity contribution is 0.268. The second-order valence-corrected chi connectivity index (χ2v) is 5.49. The molecule has 1 aromatic carbocycles. The molecule has 0 atom stereocenters. The summed E-state index contributed by atoms with van der Waals surface area (Å²) in [7, 11) is -3.63. The summed E-state index contributed by atoms with van der Waals surface area (Å²) in [5.41, 5.74) is 1.01. The zero-order chi connectivity index (χ0) is 12.7. The predicted octanol–water partition coefficient (Wildman–Crippen LogP) is 1.86. The van der Waals surface area contributed by atoms with Gasteiger partial charge in [-0.1, -0.05) is 17.7 Å². The van der Waals surface area contributed by atoms with Gasteiger partial charge in [-0.2, -0.15) is 8.42 Å². The third-order valence-electron chi connectivity index (χ3n) is 2.35. The molecule has 17 heavy (non-hydrogen) atoms. The molecule has 0 spiro atoms. The van der Waals surface area contributed by atoms with Gasteiger partial charge in [-0.05, 0) is 38.3 Å².